The summed E-state index contributed by atoms with van der Waals surface area (Å²) < 4.78 is 5.83. The van der Waals surface area contributed by atoms with Crippen molar-refractivity contribution in [2.45, 2.75) is 51.2 Å². The number of hydrogen-bond acceptors (Lipinski definition) is 2. The molecule has 13 heavy (non-hydrogen) atoms. The summed E-state index contributed by atoms with van der Waals surface area (Å²) in [5, 5.41) is 3.59. The zero-order chi connectivity index (χ0) is 9.10. The molecule has 0 aromatic carbocycles. The molecule has 2 atom stereocenters. The van der Waals surface area contributed by atoms with Gasteiger partial charge < -0.3 is 10.1 Å². The summed E-state index contributed by atoms with van der Waals surface area (Å²) in [4.78, 5) is 0. The SMILES string of the molecule is CCNC(C1CC1)C1CCCCO1. The van der Waals surface area contributed by atoms with Gasteiger partial charge in [-0.2, -0.15) is 0 Å². The van der Waals surface area contributed by atoms with Crippen molar-refractivity contribution in [1.82, 2.24) is 5.32 Å². The Morgan fingerprint density at radius 1 is 1.31 bits per heavy atom. The molecule has 2 unspecified atom stereocenters. The van der Waals surface area contributed by atoms with Gasteiger partial charge in [0.05, 0.1) is 6.10 Å². The van der Waals surface area contributed by atoms with Gasteiger partial charge in [-0.15, -0.1) is 0 Å². The van der Waals surface area contributed by atoms with Crippen LogP contribution in [0.5, 0.6) is 0 Å². The highest BCUT2D eigenvalue weighted by Crippen LogP contribution is 2.36. The molecule has 1 aliphatic heterocycles. The lowest BCUT2D eigenvalue weighted by atomic mass is 9.98. The smallest absolute Gasteiger partial charge is 0.0730 e. The second kappa shape index (κ2) is 4.43. The van der Waals surface area contributed by atoms with E-state index in [1.807, 2.05) is 0 Å². The predicted molar refractivity (Wildman–Crippen MR) is 53.8 cm³/mol. The van der Waals surface area contributed by atoms with Crippen LogP contribution in [-0.4, -0.2) is 25.3 Å². The minimum atomic E-state index is 0.515. The van der Waals surface area contributed by atoms with Crippen LogP contribution in [0.15, 0.2) is 0 Å². The normalized spacial score (nSPS) is 31.6. The molecule has 76 valence electrons. The molecule has 2 heteroatoms. The summed E-state index contributed by atoms with van der Waals surface area (Å²) in [5.41, 5.74) is 0. The third-order valence-corrected chi connectivity index (χ3v) is 3.19. The minimum Gasteiger partial charge on any atom is -0.377 e. The second-order valence-corrected chi connectivity index (χ2v) is 4.33. The van der Waals surface area contributed by atoms with Crippen molar-refractivity contribution >= 4 is 0 Å². The van der Waals surface area contributed by atoms with Crippen molar-refractivity contribution in [3.63, 3.8) is 0 Å². The molecule has 0 aromatic rings. The van der Waals surface area contributed by atoms with Crippen LogP contribution in [-0.2, 0) is 4.74 Å². The molecular weight excluding hydrogens is 162 g/mol. The highest BCUT2D eigenvalue weighted by atomic mass is 16.5. The third kappa shape index (κ3) is 2.44. The molecule has 0 bridgehead atoms. The van der Waals surface area contributed by atoms with Gasteiger partial charge in [-0.25, -0.2) is 0 Å². The van der Waals surface area contributed by atoms with E-state index in [-0.39, 0.29) is 0 Å². The number of hydrogen-bond donors (Lipinski definition) is 1. The van der Waals surface area contributed by atoms with E-state index in [2.05, 4.69) is 12.2 Å². The lowest BCUT2D eigenvalue weighted by Gasteiger charge is -2.31. The van der Waals surface area contributed by atoms with Crippen molar-refractivity contribution in [2.75, 3.05) is 13.2 Å². The quantitative estimate of drug-likeness (QED) is 0.719. The summed E-state index contributed by atoms with van der Waals surface area (Å²) in [6.07, 6.45) is 7.24. The van der Waals surface area contributed by atoms with Crippen molar-refractivity contribution in [2.24, 2.45) is 5.92 Å². The zero-order valence-corrected chi connectivity index (χ0v) is 8.59. The topological polar surface area (TPSA) is 21.3 Å². The maximum absolute atomic E-state index is 5.83. The first-order chi connectivity index (χ1) is 6.42. The molecule has 2 nitrogen and oxygen atoms in total. The Bertz CT molecular complexity index is 150. The first kappa shape index (κ1) is 9.47. The predicted octanol–water partition coefficient (Wildman–Crippen LogP) is 1.94. The summed E-state index contributed by atoms with van der Waals surface area (Å²) in [6.45, 7) is 4.26. The highest BCUT2D eigenvalue weighted by molar-refractivity contribution is 4.92. The van der Waals surface area contributed by atoms with Gasteiger partial charge in [0.15, 0.2) is 0 Å². The molecule has 2 fully saturated rings. The van der Waals surface area contributed by atoms with Gasteiger partial charge in [-0.05, 0) is 44.6 Å². The Kier molecular flexibility index (Phi) is 3.23. The Morgan fingerprint density at radius 2 is 2.15 bits per heavy atom. The molecule has 0 amide bonds. The second-order valence-electron chi connectivity index (χ2n) is 4.33. The van der Waals surface area contributed by atoms with Crippen LogP contribution in [0, 0.1) is 5.92 Å². The van der Waals surface area contributed by atoms with E-state index in [1.54, 1.807) is 0 Å². The molecule has 0 aromatic heterocycles. The van der Waals surface area contributed by atoms with Crippen LogP contribution in [0.25, 0.3) is 0 Å². The van der Waals surface area contributed by atoms with Gasteiger partial charge in [-0.3, -0.25) is 0 Å². The van der Waals surface area contributed by atoms with Crippen LogP contribution < -0.4 is 5.32 Å². The average Bonchev–Trinajstić information content (AvgIpc) is 2.99. The van der Waals surface area contributed by atoms with Crippen molar-refractivity contribution in [3.8, 4) is 0 Å². The molecule has 1 N–H and O–H groups in total. The highest BCUT2D eigenvalue weighted by Gasteiger charge is 2.36. The van der Waals surface area contributed by atoms with Crippen LogP contribution in [0.3, 0.4) is 0 Å². The first-order valence-electron chi connectivity index (χ1n) is 5.77. The fourth-order valence-corrected chi connectivity index (χ4v) is 2.34. The molecule has 2 aliphatic rings. The molecule has 2 rings (SSSR count). The summed E-state index contributed by atoms with van der Waals surface area (Å²) in [6, 6.07) is 0.658. The molecule has 1 aliphatic carbocycles. The molecule has 1 saturated heterocycles. The molecule has 1 heterocycles. The van der Waals surface area contributed by atoms with Crippen LogP contribution >= 0.6 is 0 Å². The number of rotatable bonds is 4. The van der Waals surface area contributed by atoms with Crippen LogP contribution in [0.1, 0.15) is 39.0 Å². The lowest BCUT2D eigenvalue weighted by Crippen LogP contribution is -2.44. The molecule has 1 saturated carbocycles. The standard InChI is InChI=1S/C11H21NO/c1-2-12-11(9-6-7-9)10-5-3-4-8-13-10/h9-12H,2-8H2,1H3. The monoisotopic (exact) mass is 183 g/mol. The minimum absolute atomic E-state index is 0.515. The number of likely N-dealkylation sites (N-methyl/N-ethyl adjacent to an activating group) is 1. The van der Waals surface area contributed by atoms with E-state index < -0.39 is 0 Å². The van der Waals surface area contributed by atoms with Crippen molar-refractivity contribution < 1.29 is 4.74 Å². The van der Waals surface area contributed by atoms with E-state index in [0.29, 0.717) is 12.1 Å². The van der Waals surface area contributed by atoms with Gasteiger partial charge in [0.2, 0.25) is 0 Å². The molecule has 0 radical (unpaired) electrons. The van der Waals surface area contributed by atoms with Gasteiger partial charge in [0, 0.05) is 12.6 Å². The zero-order valence-electron chi connectivity index (χ0n) is 8.59. The Balaban J connectivity index is 1.84. The molecular formula is C11H21NO. The number of nitrogens with one attached hydrogen (secondary N) is 1. The van der Waals surface area contributed by atoms with E-state index in [4.69, 9.17) is 4.74 Å². The Labute approximate surface area is 81.0 Å². The van der Waals surface area contributed by atoms with E-state index in [1.165, 1.54) is 32.1 Å². The van der Waals surface area contributed by atoms with Crippen molar-refractivity contribution in [3.05, 3.63) is 0 Å². The van der Waals surface area contributed by atoms with E-state index >= 15 is 0 Å². The summed E-state index contributed by atoms with van der Waals surface area (Å²) in [7, 11) is 0. The van der Waals surface area contributed by atoms with Gasteiger partial charge >= 0.3 is 0 Å². The first-order valence-corrected chi connectivity index (χ1v) is 5.77. The maximum Gasteiger partial charge on any atom is 0.0730 e. The fourth-order valence-electron chi connectivity index (χ4n) is 2.34. The van der Waals surface area contributed by atoms with Gasteiger partial charge in [0.1, 0.15) is 0 Å². The third-order valence-electron chi connectivity index (χ3n) is 3.19. The summed E-state index contributed by atoms with van der Waals surface area (Å²) in [5.74, 6) is 0.919. The summed E-state index contributed by atoms with van der Waals surface area (Å²) >= 11 is 0. The Hall–Kier alpha value is -0.0800. The number of ether oxygens (including phenoxy) is 1. The van der Waals surface area contributed by atoms with Crippen LogP contribution in [0.2, 0.25) is 0 Å². The largest absolute Gasteiger partial charge is 0.377 e. The van der Waals surface area contributed by atoms with E-state index in [0.717, 1.165) is 19.1 Å². The lowest BCUT2D eigenvalue weighted by molar-refractivity contribution is -0.0120. The Morgan fingerprint density at radius 3 is 2.69 bits per heavy atom. The van der Waals surface area contributed by atoms with Gasteiger partial charge in [0.25, 0.3) is 0 Å². The van der Waals surface area contributed by atoms with Crippen molar-refractivity contribution in [1.29, 1.82) is 0 Å². The van der Waals surface area contributed by atoms with E-state index in [9.17, 15) is 0 Å². The van der Waals surface area contributed by atoms with Gasteiger partial charge in [-0.1, -0.05) is 6.92 Å². The fraction of sp³-hybridized carbons (Fsp3) is 1.00. The molecule has 0 spiro atoms. The van der Waals surface area contributed by atoms with Crippen LogP contribution in [0.4, 0.5) is 0 Å². The maximum atomic E-state index is 5.83. The average molecular weight is 183 g/mol.